The standard InChI is InChI=1S/C13H22N2O3S2/c1-3-7-14-11-12-5-6-13(18-12)20(16,17)15-8-10-19-9-4-2/h4-6,14-15H,2-3,7-11H2,1H3. The largest absolute Gasteiger partial charge is 0.447 e. The van der Waals surface area contributed by atoms with Crippen LogP contribution in [0.5, 0.6) is 0 Å². The van der Waals surface area contributed by atoms with Crippen LogP contribution in [0.25, 0.3) is 0 Å². The van der Waals surface area contributed by atoms with E-state index in [1.165, 1.54) is 6.07 Å². The second kappa shape index (κ2) is 9.23. The maximum atomic E-state index is 12.0. The minimum Gasteiger partial charge on any atom is -0.447 e. The number of thioether (sulfide) groups is 1. The lowest BCUT2D eigenvalue weighted by Gasteiger charge is -2.03. The van der Waals surface area contributed by atoms with Gasteiger partial charge in [-0.05, 0) is 25.1 Å². The topological polar surface area (TPSA) is 71.3 Å². The van der Waals surface area contributed by atoms with Crippen LogP contribution >= 0.6 is 11.8 Å². The van der Waals surface area contributed by atoms with Gasteiger partial charge in [0.05, 0.1) is 6.54 Å². The molecule has 0 atom stereocenters. The van der Waals surface area contributed by atoms with Gasteiger partial charge in [-0.1, -0.05) is 13.0 Å². The Morgan fingerprint density at radius 1 is 1.40 bits per heavy atom. The summed E-state index contributed by atoms with van der Waals surface area (Å²) in [5, 5.41) is 3.13. The molecule has 0 saturated carbocycles. The molecule has 1 rings (SSSR count). The Kier molecular flexibility index (Phi) is 7.98. The third-order valence-electron chi connectivity index (χ3n) is 2.40. The highest BCUT2D eigenvalue weighted by Gasteiger charge is 2.17. The number of hydrogen-bond acceptors (Lipinski definition) is 5. The fourth-order valence-corrected chi connectivity index (χ4v) is 3.16. The van der Waals surface area contributed by atoms with E-state index in [1.54, 1.807) is 23.9 Å². The second-order valence-corrected chi connectivity index (χ2v) is 7.01. The molecule has 0 amide bonds. The highest BCUT2D eigenvalue weighted by Crippen LogP contribution is 2.13. The molecular weight excluding hydrogens is 296 g/mol. The average molecular weight is 318 g/mol. The van der Waals surface area contributed by atoms with Gasteiger partial charge in [-0.2, -0.15) is 11.8 Å². The maximum absolute atomic E-state index is 12.0. The van der Waals surface area contributed by atoms with Gasteiger partial charge in [-0.15, -0.1) is 6.58 Å². The molecule has 0 aliphatic rings. The van der Waals surface area contributed by atoms with E-state index >= 15 is 0 Å². The highest BCUT2D eigenvalue weighted by molar-refractivity contribution is 7.99. The minimum atomic E-state index is -3.54. The summed E-state index contributed by atoms with van der Waals surface area (Å²) in [4.78, 5) is 0. The normalized spacial score (nSPS) is 11.7. The zero-order valence-corrected chi connectivity index (χ0v) is 13.4. The summed E-state index contributed by atoms with van der Waals surface area (Å²) in [7, 11) is -3.54. The van der Waals surface area contributed by atoms with E-state index in [0.717, 1.165) is 18.7 Å². The summed E-state index contributed by atoms with van der Waals surface area (Å²) in [6.07, 6.45) is 2.82. The van der Waals surface area contributed by atoms with Crippen LogP contribution in [0, 0.1) is 0 Å². The first-order valence-electron chi connectivity index (χ1n) is 6.58. The first kappa shape index (κ1) is 17.3. The van der Waals surface area contributed by atoms with Gasteiger partial charge >= 0.3 is 0 Å². The molecule has 0 aliphatic carbocycles. The van der Waals surface area contributed by atoms with Gasteiger partial charge in [-0.25, -0.2) is 13.1 Å². The molecule has 2 N–H and O–H groups in total. The Hall–Kier alpha value is -0.760. The van der Waals surface area contributed by atoms with Crippen LogP contribution in [0.4, 0.5) is 0 Å². The van der Waals surface area contributed by atoms with Crippen LogP contribution in [0.15, 0.2) is 34.3 Å². The Bertz CT molecular complexity index is 497. The Labute approximate surface area is 125 Å². The average Bonchev–Trinajstić information content (AvgIpc) is 2.88. The summed E-state index contributed by atoms with van der Waals surface area (Å²) in [5.74, 6) is 2.15. The smallest absolute Gasteiger partial charge is 0.273 e. The Morgan fingerprint density at radius 3 is 2.90 bits per heavy atom. The molecule has 0 bridgehead atoms. The third kappa shape index (κ3) is 6.13. The number of nitrogens with one attached hydrogen (secondary N) is 2. The van der Waals surface area contributed by atoms with Gasteiger partial charge < -0.3 is 9.73 Å². The van der Waals surface area contributed by atoms with Gasteiger partial charge in [-0.3, -0.25) is 0 Å². The van der Waals surface area contributed by atoms with Gasteiger partial charge in [0.25, 0.3) is 10.0 Å². The van der Waals surface area contributed by atoms with E-state index in [1.807, 2.05) is 0 Å². The predicted octanol–water partition coefficient (Wildman–Crippen LogP) is 1.98. The van der Waals surface area contributed by atoms with Crippen molar-refractivity contribution in [2.24, 2.45) is 0 Å². The Morgan fingerprint density at radius 2 is 2.20 bits per heavy atom. The zero-order valence-electron chi connectivity index (χ0n) is 11.7. The predicted molar refractivity (Wildman–Crippen MR) is 83.4 cm³/mol. The molecule has 0 aromatic carbocycles. The van der Waals surface area contributed by atoms with Crippen molar-refractivity contribution in [3.8, 4) is 0 Å². The van der Waals surface area contributed by atoms with Gasteiger partial charge in [0.1, 0.15) is 5.76 Å². The molecule has 0 spiro atoms. The van der Waals surface area contributed by atoms with Crippen LogP contribution < -0.4 is 10.0 Å². The Balaban J connectivity index is 2.44. The number of rotatable bonds is 11. The van der Waals surface area contributed by atoms with Crippen molar-refractivity contribution >= 4 is 21.8 Å². The van der Waals surface area contributed by atoms with Crippen molar-refractivity contribution < 1.29 is 12.8 Å². The first-order chi connectivity index (χ1) is 9.60. The highest BCUT2D eigenvalue weighted by atomic mass is 32.2. The number of hydrogen-bond donors (Lipinski definition) is 2. The maximum Gasteiger partial charge on any atom is 0.273 e. The van der Waals surface area contributed by atoms with Gasteiger partial charge in [0.15, 0.2) is 0 Å². The van der Waals surface area contributed by atoms with E-state index in [0.29, 0.717) is 24.6 Å². The lowest BCUT2D eigenvalue weighted by molar-refractivity contribution is 0.400. The molecule has 1 aromatic heterocycles. The van der Waals surface area contributed by atoms with E-state index < -0.39 is 10.0 Å². The molecule has 0 fully saturated rings. The molecule has 1 aromatic rings. The molecule has 114 valence electrons. The van der Waals surface area contributed by atoms with Gasteiger partial charge in [0.2, 0.25) is 5.09 Å². The van der Waals surface area contributed by atoms with Crippen molar-refractivity contribution in [1.29, 1.82) is 0 Å². The fraction of sp³-hybridized carbons (Fsp3) is 0.538. The number of furan rings is 1. The van der Waals surface area contributed by atoms with Crippen molar-refractivity contribution in [3.63, 3.8) is 0 Å². The van der Waals surface area contributed by atoms with Crippen LogP contribution in [0.1, 0.15) is 19.1 Å². The summed E-state index contributed by atoms with van der Waals surface area (Å²) in [5.41, 5.74) is 0. The molecule has 5 nitrogen and oxygen atoms in total. The van der Waals surface area contributed by atoms with E-state index in [2.05, 4.69) is 23.5 Å². The zero-order chi connectivity index (χ0) is 14.8. The lowest BCUT2D eigenvalue weighted by Crippen LogP contribution is -2.25. The van der Waals surface area contributed by atoms with Crippen LogP contribution in [0.3, 0.4) is 0 Å². The molecule has 0 radical (unpaired) electrons. The van der Waals surface area contributed by atoms with Crippen LogP contribution in [0.2, 0.25) is 0 Å². The summed E-state index contributed by atoms with van der Waals surface area (Å²) >= 11 is 1.62. The van der Waals surface area contributed by atoms with Crippen LogP contribution in [-0.2, 0) is 16.6 Å². The fourth-order valence-electron chi connectivity index (χ4n) is 1.47. The van der Waals surface area contributed by atoms with Crippen molar-refractivity contribution in [3.05, 3.63) is 30.5 Å². The third-order valence-corrected chi connectivity index (χ3v) is 4.70. The molecule has 20 heavy (non-hydrogen) atoms. The molecule has 1 heterocycles. The van der Waals surface area contributed by atoms with E-state index in [4.69, 9.17) is 4.42 Å². The molecule has 0 saturated heterocycles. The molecule has 0 aliphatic heterocycles. The quantitative estimate of drug-likeness (QED) is 0.482. The molecule has 0 unspecified atom stereocenters. The first-order valence-corrected chi connectivity index (χ1v) is 9.21. The summed E-state index contributed by atoms with van der Waals surface area (Å²) < 4.78 is 31.8. The minimum absolute atomic E-state index is 0.0282. The van der Waals surface area contributed by atoms with Crippen LogP contribution in [-0.4, -0.2) is 33.0 Å². The summed E-state index contributed by atoms with van der Waals surface area (Å²) in [6, 6.07) is 3.17. The SMILES string of the molecule is C=CCSCCNS(=O)(=O)c1ccc(CNCCC)o1. The molecule has 7 heteroatoms. The van der Waals surface area contributed by atoms with Crippen molar-refractivity contribution in [1.82, 2.24) is 10.0 Å². The monoisotopic (exact) mass is 318 g/mol. The summed E-state index contributed by atoms with van der Waals surface area (Å²) in [6.45, 7) is 7.47. The van der Waals surface area contributed by atoms with Gasteiger partial charge in [0, 0.05) is 18.1 Å². The van der Waals surface area contributed by atoms with Crippen molar-refractivity contribution in [2.75, 3.05) is 24.6 Å². The second-order valence-electron chi connectivity index (χ2n) is 4.16. The van der Waals surface area contributed by atoms with E-state index in [9.17, 15) is 8.42 Å². The van der Waals surface area contributed by atoms with E-state index in [-0.39, 0.29) is 5.09 Å². The van der Waals surface area contributed by atoms with Crippen molar-refractivity contribution in [2.45, 2.75) is 25.0 Å². The number of sulfonamides is 1. The lowest BCUT2D eigenvalue weighted by atomic mass is 10.4. The molecular formula is C13H22N2O3S2.